The average molecular weight is 275 g/mol. The summed E-state index contributed by atoms with van der Waals surface area (Å²) in [7, 11) is 2.23. The largest absolute Gasteiger partial charge is 0.339 e. The minimum absolute atomic E-state index is 0.126. The van der Waals surface area contributed by atoms with Crippen molar-refractivity contribution in [3.63, 3.8) is 0 Å². The lowest BCUT2D eigenvalue weighted by Gasteiger charge is -2.34. The van der Waals surface area contributed by atoms with Crippen molar-refractivity contribution in [2.24, 2.45) is 0 Å². The second-order valence-electron chi connectivity index (χ2n) is 6.62. The molecular formula is C15H21N3O2. The summed E-state index contributed by atoms with van der Waals surface area (Å²) < 4.78 is 5.39. The minimum atomic E-state index is -0.126. The molecule has 5 nitrogen and oxygen atoms in total. The Bertz CT molecular complexity index is 513. The molecule has 1 aliphatic carbocycles. The number of ketones is 1. The van der Waals surface area contributed by atoms with Gasteiger partial charge in [-0.15, -0.1) is 0 Å². The molecule has 2 aliphatic heterocycles. The standard InChI is InChI=1S/C15H21N3O2/c1-18-10-5-6-11(18)8-9(7-10)14-16-15(20-17-14)12-3-2-4-13(12)19/h9-12H,2-8H2,1H3. The molecule has 0 spiro atoms. The Hall–Kier alpha value is -1.23. The second-order valence-corrected chi connectivity index (χ2v) is 6.62. The van der Waals surface area contributed by atoms with Gasteiger partial charge < -0.3 is 9.42 Å². The molecule has 0 aromatic carbocycles. The quantitative estimate of drug-likeness (QED) is 0.828. The van der Waals surface area contributed by atoms with E-state index in [2.05, 4.69) is 22.1 Å². The number of aromatic nitrogens is 2. The van der Waals surface area contributed by atoms with Crippen molar-refractivity contribution in [2.45, 2.75) is 68.9 Å². The van der Waals surface area contributed by atoms with Crippen LogP contribution in [0, 0.1) is 0 Å². The highest BCUT2D eigenvalue weighted by Crippen LogP contribution is 2.41. The van der Waals surface area contributed by atoms with E-state index < -0.39 is 0 Å². The first-order valence-electron chi connectivity index (χ1n) is 7.80. The van der Waals surface area contributed by atoms with Crippen LogP contribution in [0.2, 0.25) is 0 Å². The lowest BCUT2D eigenvalue weighted by Crippen LogP contribution is -2.39. The molecule has 5 heteroatoms. The number of carbonyl (C=O) groups excluding carboxylic acids is 1. The topological polar surface area (TPSA) is 59.2 Å². The van der Waals surface area contributed by atoms with Crippen molar-refractivity contribution in [3.8, 4) is 0 Å². The predicted molar refractivity (Wildman–Crippen MR) is 72.4 cm³/mol. The van der Waals surface area contributed by atoms with Crippen LogP contribution in [-0.4, -0.2) is 40.0 Å². The normalized spacial score (nSPS) is 37.8. The summed E-state index contributed by atoms with van der Waals surface area (Å²) >= 11 is 0. The number of rotatable bonds is 2. The molecule has 0 radical (unpaired) electrons. The van der Waals surface area contributed by atoms with Gasteiger partial charge in [-0.2, -0.15) is 4.98 Å². The Balaban J connectivity index is 1.52. The number of hydrogen-bond donors (Lipinski definition) is 0. The molecule has 108 valence electrons. The number of piperidine rings is 1. The first kappa shape index (κ1) is 12.5. The molecule has 0 amide bonds. The van der Waals surface area contributed by atoms with Gasteiger partial charge in [0.05, 0.1) is 5.92 Å². The highest BCUT2D eigenvalue weighted by molar-refractivity contribution is 5.86. The maximum absolute atomic E-state index is 11.8. The van der Waals surface area contributed by atoms with E-state index in [0.29, 0.717) is 30.3 Å². The van der Waals surface area contributed by atoms with E-state index >= 15 is 0 Å². The molecule has 3 heterocycles. The first-order chi connectivity index (χ1) is 9.72. The third-order valence-corrected chi connectivity index (χ3v) is 5.52. The summed E-state index contributed by atoms with van der Waals surface area (Å²) in [4.78, 5) is 18.9. The van der Waals surface area contributed by atoms with E-state index in [1.807, 2.05) is 0 Å². The fraction of sp³-hybridized carbons (Fsp3) is 0.800. The third-order valence-electron chi connectivity index (χ3n) is 5.52. The van der Waals surface area contributed by atoms with Crippen LogP contribution < -0.4 is 0 Å². The van der Waals surface area contributed by atoms with E-state index in [1.54, 1.807) is 0 Å². The summed E-state index contributed by atoms with van der Waals surface area (Å²) in [6, 6.07) is 1.35. The summed E-state index contributed by atoms with van der Waals surface area (Å²) in [6.45, 7) is 0. The summed E-state index contributed by atoms with van der Waals surface area (Å²) in [5, 5.41) is 4.18. The molecule has 3 atom stereocenters. The van der Waals surface area contributed by atoms with Crippen molar-refractivity contribution >= 4 is 5.78 Å². The molecule has 1 saturated carbocycles. The SMILES string of the molecule is CN1C2CCC1CC(c1noc(C3CCCC3=O)n1)C2. The summed E-state index contributed by atoms with van der Waals surface area (Å²) in [5.41, 5.74) is 0. The Morgan fingerprint density at radius 3 is 2.60 bits per heavy atom. The molecule has 3 fully saturated rings. The van der Waals surface area contributed by atoms with Crippen LogP contribution in [0.4, 0.5) is 0 Å². The van der Waals surface area contributed by atoms with Crippen LogP contribution in [0.3, 0.4) is 0 Å². The van der Waals surface area contributed by atoms with Gasteiger partial charge in [0.15, 0.2) is 5.82 Å². The van der Waals surface area contributed by atoms with Gasteiger partial charge in [-0.1, -0.05) is 5.16 Å². The highest BCUT2D eigenvalue weighted by atomic mass is 16.5. The van der Waals surface area contributed by atoms with Crippen LogP contribution in [0.15, 0.2) is 4.52 Å². The van der Waals surface area contributed by atoms with E-state index in [1.165, 1.54) is 12.8 Å². The molecule has 0 N–H and O–H groups in total. The van der Waals surface area contributed by atoms with Gasteiger partial charge >= 0.3 is 0 Å². The van der Waals surface area contributed by atoms with Crippen LogP contribution in [-0.2, 0) is 4.79 Å². The van der Waals surface area contributed by atoms with Gasteiger partial charge in [-0.25, -0.2) is 0 Å². The number of nitrogens with zero attached hydrogens (tertiary/aromatic N) is 3. The van der Waals surface area contributed by atoms with Gasteiger partial charge in [-0.05, 0) is 45.6 Å². The van der Waals surface area contributed by atoms with Crippen molar-refractivity contribution < 1.29 is 9.32 Å². The predicted octanol–water partition coefficient (Wildman–Crippen LogP) is 2.25. The Labute approximate surface area is 118 Å². The molecule has 2 bridgehead atoms. The summed E-state index contributed by atoms with van der Waals surface area (Å²) in [6.07, 6.45) is 7.35. The molecule has 3 aliphatic rings. The van der Waals surface area contributed by atoms with Crippen molar-refractivity contribution in [1.82, 2.24) is 15.0 Å². The Kier molecular flexibility index (Phi) is 2.91. The molecule has 4 rings (SSSR count). The molecule has 1 aromatic heterocycles. The number of carbonyl (C=O) groups is 1. The third kappa shape index (κ3) is 1.91. The minimum Gasteiger partial charge on any atom is -0.339 e. The van der Waals surface area contributed by atoms with Gasteiger partial charge in [0, 0.05) is 24.4 Å². The average Bonchev–Trinajstić information content (AvgIpc) is 3.10. The highest BCUT2D eigenvalue weighted by Gasteiger charge is 2.41. The second kappa shape index (κ2) is 4.65. The van der Waals surface area contributed by atoms with Crippen LogP contribution in [0.5, 0.6) is 0 Å². The molecule has 3 unspecified atom stereocenters. The Morgan fingerprint density at radius 1 is 1.20 bits per heavy atom. The molecule has 1 aromatic rings. The zero-order valence-corrected chi connectivity index (χ0v) is 11.9. The van der Waals surface area contributed by atoms with E-state index in [9.17, 15) is 4.79 Å². The zero-order chi connectivity index (χ0) is 13.7. The monoisotopic (exact) mass is 275 g/mol. The van der Waals surface area contributed by atoms with E-state index in [4.69, 9.17) is 4.52 Å². The van der Waals surface area contributed by atoms with Gasteiger partial charge in [0.1, 0.15) is 5.78 Å². The van der Waals surface area contributed by atoms with Gasteiger partial charge in [0.2, 0.25) is 5.89 Å². The fourth-order valence-electron chi connectivity index (χ4n) is 4.25. The van der Waals surface area contributed by atoms with Gasteiger partial charge in [0.25, 0.3) is 0 Å². The lowest BCUT2D eigenvalue weighted by atomic mass is 9.90. The van der Waals surface area contributed by atoms with Crippen LogP contribution in [0.25, 0.3) is 0 Å². The zero-order valence-electron chi connectivity index (χ0n) is 11.9. The van der Waals surface area contributed by atoms with Crippen molar-refractivity contribution in [1.29, 1.82) is 0 Å². The fourth-order valence-corrected chi connectivity index (χ4v) is 4.25. The number of Topliss-reactive ketones (excluding diaryl/α,β-unsaturated/α-hetero) is 1. The number of hydrogen-bond acceptors (Lipinski definition) is 5. The van der Waals surface area contributed by atoms with E-state index in [-0.39, 0.29) is 11.7 Å². The first-order valence-corrected chi connectivity index (χ1v) is 7.80. The van der Waals surface area contributed by atoms with Crippen LogP contribution in [0.1, 0.15) is 68.5 Å². The van der Waals surface area contributed by atoms with E-state index in [0.717, 1.165) is 31.5 Å². The smallest absolute Gasteiger partial charge is 0.237 e. The molecule has 20 heavy (non-hydrogen) atoms. The number of fused-ring (bicyclic) bond motifs is 2. The van der Waals surface area contributed by atoms with Crippen LogP contribution >= 0.6 is 0 Å². The lowest BCUT2D eigenvalue weighted by molar-refractivity contribution is -0.119. The maximum Gasteiger partial charge on any atom is 0.237 e. The van der Waals surface area contributed by atoms with Crippen molar-refractivity contribution in [2.75, 3.05) is 7.05 Å². The molecule has 2 saturated heterocycles. The van der Waals surface area contributed by atoms with Crippen molar-refractivity contribution in [3.05, 3.63) is 11.7 Å². The Morgan fingerprint density at radius 2 is 1.95 bits per heavy atom. The molecular weight excluding hydrogens is 254 g/mol. The maximum atomic E-state index is 11.8. The van der Waals surface area contributed by atoms with Gasteiger partial charge in [-0.3, -0.25) is 4.79 Å². The summed E-state index contributed by atoms with van der Waals surface area (Å²) in [5.74, 6) is 1.96.